The number of nitrogens with zero attached hydrogens (tertiary/aromatic N) is 2. The Hall–Kier alpha value is -2.22. The normalized spacial score (nSPS) is 15.8. The van der Waals surface area contributed by atoms with E-state index in [1.54, 1.807) is 22.7 Å². The molecule has 1 aromatic carbocycles. The molecule has 31 heavy (non-hydrogen) atoms. The Morgan fingerprint density at radius 3 is 2.97 bits per heavy atom. The van der Waals surface area contributed by atoms with Crippen molar-refractivity contribution < 1.29 is 14.3 Å². The van der Waals surface area contributed by atoms with Crippen LogP contribution in [0.4, 0.5) is 0 Å². The Kier molecular flexibility index (Phi) is 7.72. The summed E-state index contributed by atoms with van der Waals surface area (Å²) in [6, 6.07) is 10.2. The third-order valence-electron chi connectivity index (χ3n) is 5.31. The zero-order valence-electron chi connectivity index (χ0n) is 17.8. The summed E-state index contributed by atoms with van der Waals surface area (Å²) in [5, 5.41) is 7.20. The molecular weight excluding hydrogens is 428 g/mol. The minimum Gasteiger partial charge on any atom is -0.493 e. The smallest absolute Gasteiger partial charge is 0.229 e. The number of carbonyl (C=O) groups is 1. The number of ether oxygens (including phenoxy) is 2. The number of hydrogen-bond donors (Lipinski definition) is 0. The van der Waals surface area contributed by atoms with Gasteiger partial charge in [-0.25, -0.2) is 4.98 Å². The number of thiophene rings is 1. The summed E-state index contributed by atoms with van der Waals surface area (Å²) in [4.78, 5) is 19.5. The number of rotatable bonds is 10. The molecule has 2 aromatic heterocycles. The van der Waals surface area contributed by atoms with Crippen LogP contribution in [0.1, 0.15) is 34.7 Å². The van der Waals surface area contributed by atoms with Crippen LogP contribution in [0.25, 0.3) is 0 Å². The number of thiazole rings is 1. The van der Waals surface area contributed by atoms with Crippen LogP contribution in [0.3, 0.4) is 0 Å². The fourth-order valence-corrected chi connectivity index (χ4v) is 5.04. The van der Waals surface area contributed by atoms with Gasteiger partial charge in [-0.3, -0.25) is 4.79 Å². The van der Waals surface area contributed by atoms with Gasteiger partial charge in [0.1, 0.15) is 5.75 Å². The fraction of sp³-hybridized carbons (Fsp3) is 0.417. The molecule has 5 nitrogen and oxygen atoms in total. The van der Waals surface area contributed by atoms with Crippen molar-refractivity contribution in [1.29, 1.82) is 0 Å². The van der Waals surface area contributed by atoms with Gasteiger partial charge >= 0.3 is 0 Å². The van der Waals surface area contributed by atoms with Crippen LogP contribution in [-0.4, -0.2) is 41.7 Å². The number of aryl methyl sites for hydroxylation is 1. The van der Waals surface area contributed by atoms with Crippen molar-refractivity contribution in [3.05, 3.63) is 68.3 Å². The van der Waals surface area contributed by atoms with Gasteiger partial charge < -0.3 is 14.4 Å². The molecule has 0 aliphatic carbocycles. The number of aromatic nitrogens is 1. The molecule has 7 heteroatoms. The summed E-state index contributed by atoms with van der Waals surface area (Å²) in [6.07, 6.45) is 3.40. The lowest BCUT2D eigenvalue weighted by molar-refractivity contribution is -0.132. The largest absolute Gasteiger partial charge is 0.493 e. The highest BCUT2D eigenvalue weighted by Crippen LogP contribution is 2.20. The van der Waals surface area contributed by atoms with Gasteiger partial charge in [-0.15, -0.1) is 11.3 Å². The number of amides is 1. The van der Waals surface area contributed by atoms with E-state index >= 15 is 0 Å². The predicted octanol–water partition coefficient (Wildman–Crippen LogP) is 4.88. The van der Waals surface area contributed by atoms with E-state index in [0.717, 1.165) is 47.9 Å². The van der Waals surface area contributed by atoms with E-state index < -0.39 is 0 Å². The molecule has 1 atom stereocenters. The molecule has 0 spiro atoms. The molecule has 164 valence electrons. The van der Waals surface area contributed by atoms with Crippen LogP contribution in [-0.2, 0) is 28.9 Å². The first kappa shape index (κ1) is 22.0. The van der Waals surface area contributed by atoms with Crippen molar-refractivity contribution in [2.24, 2.45) is 0 Å². The van der Waals surface area contributed by atoms with E-state index in [9.17, 15) is 4.79 Å². The fourth-order valence-electron chi connectivity index (χ4n) is 3.72. The van der Waals surface area contributed by atoms with E-state index in [4.69, 9.17) is 9.47 Å². The second-order valence-corrected chi connectivity index (χ2v) is 9.66. The Balaban J connectivity index is 1.39. The van der Waals surface area contributed by atoms with Crippen molar-refractivity contribution in [2.75, 3.05) is 19.8 Å². The topological polar surface area (TPSA) is 51.7 Å². The molecule has 1 fully saturated rings. The summed E-state index contributed by atoms with van der Waals surface area (Å²) in [6.45, 7) is 4.55. The molecule has 0 saturated carbocycles. The second kappa shape index (κ2) is 10.9. The van der Waals surface area contributed by atoms with E-state index in [-0.39, 0.29) is 12.0 Å². The molecule has 1 saturated heterocycles. The molecule has 0 radical (unpaired) electrons. The van der Waals surface area contributed by atoms with Crippen molar-refractivity contribution in [2.45, 2.75) is 45.3 Å². The SMILES string of the molecule is Cc1nc(CC(=O)N(Cc2cccc(OCCc3ccsc3)c2)CC2CCCO2)cs1. The maximum atomic E-state index is 13.1. The summed E-state index contributed by atoms with van der Waals surface area (Å²) >= 11 is 3.29. The monoisotopic (exact) mass is 456 g/mol. The highest BCUT2D eigenvalue weighted by Gasteiger charge is 2.23. The van der Waals surface area contributed by atoms with Crippen LogP contribution in [0.2, 0.25) is 0 Å². The quantitative estimate of drug-likeness (QED) is 0.436. The first-order chi connectivity index (χ1) is 15.2. The van der Waals surface area contributed by atoms with Crippen molar-refractivity contribution in [3.63, 3.8) is 0 Å². The molecule has 1 aliphatic rings. The lowest BCUT2D eigenvalue weighted by Gasteiger charge is -2.25. The third-order valence-corrected chi connectivity index (χ3v) is 6.87. The first-order valence-corrected chi connectivity index (χ1v) is 12.5. The highest BCUT2D eigenvalue weighted by molar-refractivity contribution is 7.09. The van der Waals surface area contributed by atoms with Crippen LogP contribution >= 0.6 is 22.7 Å². The van der Waals surface area contributed by atoms with Gasteiger partial charge in [0.2, 0.25) is 5.91 Å². The molecule has 1 unspecified atom stereocenters. The molecule has 3 aromatic rings. The van der Waals surface area contributed by atoms with Gasteiger partial charge in [-0.1, -0.05) is 12.1 Å². The number of carbonyl (C=O) groups excluding carboxylic acids is 1. The van der Waals surface area contributed by atoms with Gasteiger partial charge in [0.15, 0.2) is 0 Å². The molecule has 0 N–H and O–H groups in total. The van der Waals surface area contributed by atoms with E-state index in [1.807, 2.05) is 35.4 Å². The Labute approximate surface area is 191 Å². The highest BCUT2D eigenvalue weighted by atomic mass is 32.1. The van der Waals surface area contributed by atoms with Gasteiger partial charge in [-0.2, -0.15) is 11.3 Å². The van der Waals surface area contributed by atoms with Crippen LogP contribution in [0, 0.1) is 6.92 Å². The average Bonchev–Trinajstić information content (AvgIpc) is 3.52. The number of benzene rings is 1. The molecular formula is C24H28N2O3S2. The van der Waals surface area contributed by atoms with Crippen molar-refractivity contribution >= 4 is 28.6 Å². The first-order valence-electron chi connectivity index (χ1n) is 10.7. The third kappa shape index (κ3) is 6.63. The molecule has 1 aliphatic heterocycles. The molecule has 0 bridgehead atoms. The minimum absolute atomic E-state index is 0.0876. The van der Waals surface area contributed by atoms with E-state index in [0.29, 0.717) is 26.1 Å². The van der Waals surface area contributed by atoms with Gasteiger partial charge in [0.25, 0.3) is 0 Å². The van der Waals surface area contributed by atoms with Crippen LogP contribution in [0.15, 0.2) is 46.5 Å². The number of hydrogen-bond acceptors (Lipinski definition) is 6. The maximum absolute atomic E-state index is 13.1. The second-order valence-electron chi connectivity index (χ2n) is 7.82. The van der Waals surface area contributed by atoms with E-state index in [1.165, 1.54) is 5.56 Å². The lowest BCUT2D eigenvalue weighted by Crippen LogP contribution is -2.37. The predicted molar refractivity (Wildman–Crippen MR) is 125 cm³/mol. The zero-order chi connectivity index (χ0) is 21.5. The summed E-state index contributed by atoms with van der Waals surface area (Å²) in [5.74, 6) is 0.928. The van der Waals surface area contributed by atoms with Crippen LogP contribution < -0.4 is 4.74 Å². The zero-order valence-corrected chi connectivity index (χ0v) is 19.4. The minimum atomic E-state index is 0.0876. The Morgan fingerprint density at radius 1 is 1.29 bits per heavy atom. The lowest BCUT2D eigenvalue weighted by atomic mass is 10.1. The standard InChI is InChI=1S/C24H28N2O3S2/c1-18-25-21(17-31-18)13-24(27)26(15-23-6-3-9-28-23)14-20-4-2-5-22(12-20)29-10-7-19-8-11-30-16-19/h2,4-5,8,11-12,16-17,23H,3,6-7,9-10,13-15H2,1H3. The van der Waals surface area contributed by atoms with E-state index in [2.05, 4.69) is 27.9 Å². The summed E-state index contributed by atoms with van der Waals surface area (Å²) in [7, 11) is 0. The van der Waals surface area contributed by atoms with Crippen molar-refractivity contribution in [1.82, 2.24) is 9.88 Å². The van der Waals surface area contributed by atoms with Gasteiger partial charge in [-0.05, 0) is 59.9 Å². The van der Waals surface area contributed by atoms with Gasteiger partial charge in [0.05, 0.1) is 29.8 Å². The van der Waals surface area contributed by atoms with Gasteiger partial charge in [0, 0.05) is 31.5 Å². The average molecular weight is 457 g/mol. The molecule has 4 rings (SSSR count). The molecule has 1 amide bonds. The van der Waals surface area contributed by atoms with Crippen LogP contribution in [0.5, 0.6) is 5.75 Å². The molecule has 3 heterocycles. The Bertz CT molecular complexity index is 965. The summed E-state index contributed by atoms with van der Waals surface area (Å²) < 4.78 is 11.8. The Morgan fingerprint density at radius 2 is 2.23 bits per heavy atom. The van der Waals surface area contributed by atoms with Crippen molar-refractivity contribution in [3.8, 4) is 5.75 Å². The maximum Gasteiger partial charge on any atom is 0.229 e. The summed E-state index contributed by atoms with van der Waals surface area (Å²) in [5.41, 5.74) is 3.20.